The summed E-state index contributed by atoms with van der Waals surface area (Å²) < 4.78 is 0. The number of rotatable bonds is 4. The summed E-state index contributed by atoms with van der Waals surface area (Å²) in [6, 6.07) is 11.1. The predicted molar refractivity (Wildman–Crippen MR) is 92.5 cm³/mol. The minimum absolute atomic E-state index is 0.0300. The molecule has 1 aliphatic carbocycles. The summed E-state index contributed by atoms with van der Waals surface area (Å²) in [5.74, 6) is 0.691. The Morgan fingerprint density at radius 1 is 1.17 bits per heavy atom. The Balaban J connectivity index is 1.65. The lowest BCUT2D eigenvalue weighted by atomic mass is 9.87. The van der Waals surface area contributed by atoms with Gasteiger partial charge in [-0.05, 0) is 30.2 Å². The first-order valence-corrected chi connectivity index (χ1v) is 8.26. The molecule has 0 bridgehead atoms. The van der Waals surface area contributed by atoms with Gasteiger partial charge in [0.25, 0.3) is 0 Å². The number of fused-ring (bicyclic) bond motifs is 1. The van der Waals surface area contributed by atoms with E-state index in [0.717, 1.165) is 29.2 Å². The number of nitrogens with one attached hydrogen (secondary N) is 1. The second kappa shape index (κ2) is 7.27. The molecule has 1 saturated carbocycles. The zero-order chi connectivity index (χ0) is 16.1. The SMILES string of the molecule is O=C(CC1CCCCC1)N/N=C\c1cccc2cccc(O)c12. The van der Waals surface area contributed by atoms with E-state index in [1.807, 2.05) is 30.3 Å². The smallest absolute Gasteiger partial charge is 0.240 e. The van der Waals surface area contributed by atoms with Crippen molar-refractivity contribution < 1.29 is 9.90 Å². The normalized spacial score (nSPS) is 16.0. The van der Waals surface area contributed by atoms with Crippen LogP contribution in [0, 0.1) is 5.92 Å². The van der Waals surface area contributed by atoms with Crippen molar-refractivity contribution in [2.45, 2.75) is 38.5 Å². The molecule has 2 aromatic carbocycles. The number of amides is 1. The van der Waals surface area contributed by atoms with Gasteiger partial charge in [0.2, 0.25) is 5.91 Å². The molecule has 23 heavy (non-hydrogen) atoms. The third kappa shape index (κ3) is 3.89. The van der Waals surface area contributed by atoms with E-state index in [-0.39, 0.29) is 11.7 Å². The maximum Gasteiger partial charge on any atom is 0.240 e. The minimum Gasteiger partial charge on any atom is -0.507 e. The fourth-order valence-electron chi connectivity index (χ4n) is 3.33. The third-order valence-electron chi connectivity index (χ3n) is 4.51. The largest absolute Gasteiger partial charge is 0.507 e. The van der Waals surface area contributed by atoms with Crippen molar-refractivity contribution in [1.29, 1.82) is 0 Å². The van der Waals surface area contributed by atoms with Crippen LogP contribution in [-0.2, 0) is 4.79 Å². The lowest BCUT2D eigenvalue weighted by Crippen LogP contribution is -2.22. The number of carbonyl (C=O) groups excluding carboxylic acids is 1. The number of hydrazone groups is 1. The van der Waals surface area contributed by atoms with E-state index in [4.69, 9.17) is 0 Å². The zero-order valence-electron chi connectivity index (χ0n) is 13.2. The minimum atomic E-state index is -0.0300. The average Bonchev–Trinajstić information content (AvgIpc) is 2.56. The van der Waals surface area contributed by atoms with Crippen molar-refractivity contribution in [1.82, 2.24) is 5.43 Å². The summed E-state index contributed by atoms with van der Waals surface area (Å²) in [7, 11) is 0. The van der Waals surface area contributed by atoms with Gasteiger partial charge in [0, 0.05) is 17.4 Å². The topological polar surface area (TPSA) is 61.7 Å². The molecule has 1 amide bonds. The Kier molecular flexibility index (Phi) is 4.91. The molecular weight excluding hydrogens is 288 g/mol. The molecule has 1 fully saturated rings. The van der Waals surface area contributed by atoms with E-state index in [1.54, 1.807) is 12.3 Å². The molecule has 4 nitrogen and oxygen atoms in total. The predicted octanol–water partition coefficient (Wildman–Crippen LogP) is 3.97. The maximum atomic E-state index is 12.0. The summed E-state index contributed by atoms with van der Waals surface area (Å²) in [4.78, 5) is 12.0. The molecule has 4 heteroatoms. The van der Waals surface area contributed by atoms with Gasteiger partial charge in [-0.25, -0.2) is 5.43 Å². The summed E-state index contributed by atoms with van der Waals surface area (Å²) in [6.45, 7) is 0. The van der Waals surface area contributed by atoms with Gasteiger partial charge >= 0.3 is 0 Å². The van der Waals surface area contributed by atoms with Crippen LogP contribution in [0.2, 0.25) is 0 Å². The molecule has 1 aliphatic rings. The standard InChI is InChI=1S/C19H22N2O2/c22-17-11-5-9-15-8-4-10-16(19(15)17)13-20-21-18(23)12-14-6-2-1-3-7-14/h4-5,8-11,13-14,22H,1-3,6-7,12H2,(H,21,23)/b20-13-. The number of hydrogen-bond acceptors (Lipinski definition) is 3. The Hall–Kier alpha value is -2.36. The summed E-state index contributed by atoms with van der Waals surface area (Å²) in [6.07, 6.45) is 8.20. The van der Waals surface area contributed by atoms with Gasteiger partial charge in [-0.15, -0.1) is 0 Å². The van der Waals surface area contributed by atoms with Gasteiger partial charge < -0.3 is 5.11 Å². The average molecular weight is 310 g/mol. The van der Waals surface area contributed by atoms with Crippen LogP contribution in [0.1, 0.15) is 44.1 Å². The molecular formula is C19H22N2O2. The summed E-state index contributed by atoms with van der Waals surface area (Å²) in [5.41, 5.74) is 3.40. The highest BCUT2D eigenvalue weighted by atomic mass is 16.3. The van der Waals surface area contributed by atoms with Crippen LogP contribution in [0.25, 0.3) is 10.8 Å². The van der Waals surface area contributed by atoms with Crippen molar-refractivity contribution in [2.75, 3.05) is 0 Å². The molecule has 120 valence electrons. The first-order chi connectivity index (χ1) is 11.2. The highest BCUT2D eigenvalue weighted by Gasteiger charge is 2.16. The van der Waals surface area contributed by atoms with Crippen molar-refractivity contribution in [3.8, 4) is 5.75 Å². The summed E-state index contributed by atoms with van der Waals surface area (Å²) >= 11 is 0. The van der Waals surface area contributed by atoms with E-state index in [2.05, 4.69) is 10.5 Å². The lowest BCUT2D eigenvalue weighted by molar-refractivity contribution is -0.122. The third-order valence-corrected chi connectivity index (χ3v) is 4.51. The number of phenolic OH excluding ortho intramolecular Hbond substituents is 1. The molecule has 0 saturated heterocycles. The van der Waals surface area contributed by atoms with Crippen molar-refractivity contribution in [3.63, 3.8) is 0 Å². The Labute approximate surface area is 136 Å². The Morgan fingerprint density at radius 3 is 2.70 bits per heavy atom. The number of hydrogen-bond donors (Lipinski definition) is 2. The van der Waals surface area contributed by atoms with E-state index in [0.29, 0.717) is 12.3 Å². The highest BCUT2D eigenvalue weighted by Crippen LogP contribution is 2.27. The van der Waals surface area contributed by atoms with Gasteiger partial charge in [0.15, 0.2) is 0 Å². The van der Waals surface area contributed by atoms with Crippen LogP contribution in [0.5, 0.6) is 5.75 Å². The monoisotopic (exact) mass is 310 g/mol. The van der Waals surface area contributed by atoms with Gasteiger partial charge in [-0.1, -0.05) is 49.6 Å². The van der Waals surface area contributed by atoms with E-state index in [9.17, 15) is 9.90 Å². The van der Waals surface area contributed by atoms with Crippen molar-refractivity contribution in [3.05, 3.63) is 42.0 Å². The van der Waals surface area contributed by atoms with Crippen molar-refractivity contribution in [2.24, 2.45) is 11.0 Å². The molecule has 0 unspecified atom stereocenters. The molecule has 0 aromatic heterocycles. The van der Waals surface area contributed by atoms with E-state index < -0.39 is 0 Å². The van der Waals surface area contributed by atoms with E-state index in [1.165, 1.54) is 19.3 Å². The zero-order valence-corrected chi connectivity index (χ0v) is 13.2. The second-order valence-corrected chi connectivity index (χ2v) is 6.22. The molecule has 0 aliphatic heterocycles. The number of phenols is 1. The number of benzene rings is 2. The lowest BCUT2D eigenvalue weighted by Gasteiger charge is -2.20. The van der Waals surface area contributed by atoms with Crippen LogP contribution in [0.3, 0.4) is 0 Å². The molecule has 0 heterocycles. The van der Waals surface area contributed by atoms with Crippen LogP contribution >= 0.6 is 0 Å². The molecule has 0 spiro atoms. The second-order valence-electron chi connectivity index (χ2n) is 6.22. The van der Waals surface area contributed by atoms with Gasteiger partial charge in [0.1, 0.15) is 5.75 Å². The number of nitrogens with zero attached hydrogens (tertiary/aromatic N) is 1. The van der Waals surface area contributed by atoms with Crippen LogP contribution in [0.4, 0.5) is 0 Å². The summed E-state index contributed by atoms with van der Waals surface area (Å²) in [5, 5.41) is 15.8. The fraction of sp³-hybridized carbons (Fsp3) is 0.368. The Morgan fingerprint density at radius 2 is 1.91 bits per heavy atom. The highest BCUT2D eigenvalue weighted by molar-refractivity contribution is 6.03. The first-order valence-electron chi connectivity index (χ1n) is 8.26. The van der Waals surface area contributed by atoms with Gasteiger partial charge in [0.05, 0.1) is 6.21 Å². The molecule has 0 atom stereocenters. The van der Waals surface area contributed by atoms with Crippen LogP contribution in [0.15, 0.2) is 41.5 Å². The van der Waals surface area contributed by atoms with Crippen LogP contribution < -0.4 is 5.43 Å². The van der Waals surface area contributed by atoms with Gasteiger partial charge in [-0.2, -0.15) is 5.10 Å². The van der Waals surface area contributed by atoms with Gasteiger partial charge in [-0.3, -0.25) is 4.79 Å². The maximum absolute atomic E-state index is 12.0. The quantitative estimate of drug-likeness (QED) is 0.663. The molecule has 3 rings (SSSR count). The number of aromatic hydroxyl groups is 1. The first kappa shape index (κ1) is 15.5. The Bertz CT molecular complexity index is 713. The fourth-order valence-corrected chi connectivity index (χ4v) is 3.33. The van der Waals surface area contributed by atoms with Crippen LogP contribution in [-0.4, -0.2) is 17.2 Å². The number of carbonyl (C=O) groups is 1. The van der Waals surface area contributed by atoms with E-state index >= 15 is 0 Å². The van der Waals surface area contributed by atoms with Crippen molar-refractivity contribution >= 4 is 22.9 Å². The molecule has 2 aromatic rings. The molecule has 0 radical (unpaired) electrons. The molecule has 2 N–H and O–H groups in total.